The number of carbonyl (C=O) groups is 2. The Morgan fingerprint density at radius 2 is 1.84 bits per heavy atom. The third-order valence-corrected chi connectivity index (χ3v) is 3.25. The Hall–Kier alpha value is -2.21. The lowest BCUT2D eigenvalue weighted by molar-refractivity contribution is 0.0600. The van der Waals surface area contributed by atoms with E-state index in [1.165, 1.54) is 18.4 Å². The fourth-order valence-corrected chi connectivity index (χ4v) is 2.15. The minimum Gasteiger partial charge on any atom is -0.465 e. The van der Waals surface area contributed by atoms with E-state index in [4.69, 9.17) is 0 Å². The molecule has 1 heterocycles. The average Bonchev–Trinajstić information content (AvgIpc) is 2.83. The smallest absolute Gasteiger partial charge is 0.337 e. The fraction of sp³-hybridized carbons (Fsp3) is 0.154. The van der Waals surface area contributed by atoms with E-state index in [0.29, 0.717) is 16.1 Å². The Balaban J connectivity index is 2.09. The van der Waals surface area contributed by atoms with Crippen LogP contribution in [0.4, 0.5) is 5.00 Å². The molecule has 1 aromatic carbocycles. The largest absolute Gasteiger partial charge is 0.465 e. The zero-order valence-electron chi connectivity index (χ0n) is 10.5. The summed E-state index contributed by atoms with van der Waals surface area (Å²) in [6.45, 7) is 1.87. The highest BCUT2D eigenvalue weighted by Crippen LogP contribution is 2.18. The first-order valence-electron chi connectivity index (χ1n) is 5.52. The number of nitrogens with one attached hydrogen (secondary N) is 1. The van der Waals surface area contributed by atoms with Gasteiger partial charge in [0.1, 0.15) is 5.00 Å². The summed E-state index contributed by atoms with van der Waals surface area (Å²) in [5.74, 6) is -0.662. The molecule has 0 aliphatic heterocycles. The van der Waals surface area contributed by atoms with E-state index < -0.39 is 5.97 Å². The molecular formula is C13H12N2O3S. The molecule has 98 valence electrons. The standard InChI is InChI=1S/C13H12N2O3S/c1-8-14-7-11(19-8)15-12(16)9-3-5-10(6-4-9)13(17)18-2/h3-7H,1-2H3,(H,15,16). The number of hydrogen-bond donors (Lipinski definition) is 1. The summed E-state index contributed by atoms with van der Waals surface area (Å²) in [5.41, 5.74) is 0.881. The van der Waals surface area contributed by atoms with Gasteiger partial charge in [0.2, 0.25) is 0 Å². The molecule has 0 saturated heterocycles. The van der Waals surface area contributed by atoms with Crippen molar-refractivity contribution in [2.45, 2.75) is 6.92 Å². The number of thiazole rings is 1. The van der Waals surface area contributed by atoms with Crippen LogP contribution < -0.4 is 5.32 Å². The number of nitrogens with zero attached hydrogens (tertiary/aromatic N) is 1. The van der Waals surface area contributed by atoms with Gasteiger partial charge in [-0.1, -0.05) is 0 Å². The van der Waals surface area contributed by atoms with E-state index in [1.807, 2.05) is 6.92 Å². The molecule has 0 aliphatic carbocycles. The molecule has 0 radical (unpaired) electrons. The van der Waals surface area contributed by atoms with Crippen molar-refractivity contribution in [1.29, 1.82) is 0 Å². The quantitative estimate of drug-likeness (QED) is 0.874. The fourth-order valence-electron chi connectivity index (χ4n) is 1.48. The number of ether oxygens (including phenoxy) is 1. The van der Waals surface area contributed by atoms with Crippen molar-refractivity contribution in [2.24, 2.45) is 0 Å². The summed E-state index contributed by atoms with van der Waals surface area (Å²) >= 11 is 1.41. The second kappa shape index (κ2) is 5.62. The van der Waals surface area contributed by atoms with Crippen LogP contribution in [0.25, 0.3) is 0 Å². The maximum atomic E-state index is 11.9. The molecule has 0 aliphatic rings. The Labute approximate surface area is 114 Å². The third kappa shape index (κ3) is 3.17. The van der Waals surface area contributed by atoms with Crippen molar-refractivity contribution in [1.82, 2.24) is 4.98 Å². The second-order valence-corrected chi connectivity index (χ2v) is 5.00. The number of esters is 1. The summed E-state index contributed by atoms with van der Waals surface area (Å²) in [5, 5.41) is 4.32. The Morgan fingerprint density at radius 3 is 2.37 bits per heavy atom. The summed E-state index contributed by atoms with van der Waals surface area (Å²) in [6.07, 6.45) is 1.61. The van der Waals surface area contributed by atoms with Crippen LogP contribution in [0, 0.1) is 6.92 Å². The summed E-state index contributed by atoms with van der Waals surface area (Å²) in [4.78, 5) is 27.2. The highest BCUT2D eigenvalue weighted by Gasteiger charge is 2.10. The van der Waals surface area contributed by atoms with Crippen LogP contribution in [-0.4, -0.2) is 24.0 Å². The minimum absolute atomic E-state index is 0.236. The number of rotatable bonds is 3. The third-order valence-electron chi connectivity index (χ3n) is 2.43. The van der Waals surface area contributed by atoms with Gasteiger partial charge in [0.25, 0.3) is 5.91 Å². The van der Waals surface area contributed by atoms with E-state index in [2.05, 4.69) is 15.0 Å². The maximum absolute atomic E-state index is 11.9. The van der Waals surface area contributed by atoms with Crippen LogP contribution in [0.5, 0.6) is 0 Å². The number of amides is 1. The normalized spacial score (nSPS) is 10.0. The van der Waals surface area contributed by atoms with Crippen LogP contribution in [0.2, 0.25) is 0 Å². The highest BCUT2D eigenvalue weighted by atomic mass is 32.1. The molecule has 1 N–H and O–H groups in total. The van der Waals surface area contributed by atoms with E-state index in [0.717, 1.165) is 5.01 Å². The number of methoxy groups -OCH3 is 1. The van der Waals surface area contributed by atoms with Crippen molar-refractivity contribution >= 4 is 28.2 Å². The summed E-state index contributed by atoms with van der Waals surface area (Å²) in [6, 6.07) is 6.27. The number of carbonyl (C=O) groups excluding carboxylic acids is 2. The van der Waals surface area contributed by atoms with Crippen molar-refractivity contribution in [3.63, 3.8) is 0 Å². The van der Waals surface area contributed by atoms with Gasteiger partial charge < -0.3 is 10.1 Å². The van der Waals surface area contributed by atoms with Gasteiger partial charge in [-0.2, -0.15) is 0 Å². The number of anilines is 1. The maximum Gasteiger partial charge on any atom is 0.337 e. The monoisotopic (exact) mass is 276 g/mol. The molecule has 2 rings (SSSR count). The van der Waals surface area contributed by atoms with Gasteiger partial charge in [-0.3, -0.25) is 4.79 Å². The van der Waals surface area contributed by atoms with Crippen LogP contribution in [0.3, 0.4) is 0 Å². The molecule has 2 aromatic rings. The van der Waals surface area contributed by atoms with Gasteiger partial charge in [0, 0.05) is 5.56 Å². The first-order chi connectivity index (χ1) is 9.10. The number of aromatic nitrogens is 1. The van der Waals surface area contributed by atoms with Crippen molar-refractivity contribution < 1.29 is 14.3 Å². The first-order valence-corrected chi connectivity index (χ1v) is 6.34. The number of benzene rings is 1. The topological polar surface area (TPSA) is 68.3 Å². The molecule has 0 spiro atoms. The molecule has 0 unspecified atom stereocenters. The van der Waals surface area contributed by atoms with E-state index in [9.17, 15) is 9.59 Å². The van der Waals surface area contributed by atoms with Gasteiger partial charge >= 0.3 is 5.97 Å². The second-order valence-electron chi connectivity index (χ2n) is 3.77. The molecule has 6 heteroatoms. The lowest BCUT2D eigenvalue weighted by atomic mass is 10.1. The van der Waals surface area contributed by atoms with Crippen LogP contribution in [0.1, 0.15) is 25.7 Å². The Morgan fingerprint density at radius 1 is 1.21 bits per heavy atom. The van der Waals surface area contributed by atoms with Gasteiger partial charge in [-0.25, -0.2) is 9.78 Å². The number of hydrogen-bond acceptors (Lipinski definition) is 5. The molecular weight excluding hydrogens is 264 g/mol. The summed E-state index contributed by atoms with van der Waals surface area (Å²) < 4.78 is 4.59. The van der Waals surface area contributed by atoms with Gasteiger partial charge in [-0.05, 0) is 31.2 Å². The predicted octanol–water partition coefficient (Wildman–Crippen LogP) is 2.49. The lowest BCUT2D eigenvalue weighted by Gasteiger charge is -2.03. The van der Waals surface area contributed by atoms with E-state index in [1.54, 1.807) is 30.5 Å². The molecule has 1 amide bonds. The minimum atomic E-state index is -0.426. The van der Waals surface area contributed by atoms with Gasteiger partial charge in [0.05, 0.1) is 23.9 Å². The molecule has 0 fully saturated rings. The molecule has 0 saturated carbocycles. The SMILES string of the molecule is COC(=O)c1ccc(C(=O)Nc2cnc(C)s2)cc1. The molecule has 0 atom stereocenters. The zero-order valence-corrected chi connectivity index (χ0v) is 11.3. The van der Waals surface area contributed by atoms with Gasteiger partial charge in [-0.15, -0.1) is 11.3 Å². The van der Waals surface area contributed by atoms with Crippen LogP contribution in [-0.2, 0) is 4.74 Å². The number of aryl methyl sites for hydroxylation is 1. The highest BCUT2D eigenvalue weighted by molar-refractivity contribution is 7.15. The predicted molar refractivity (Wildman–Crippen MR) is 72.6 cm³/mol. The van der Waals surface area contributed by atoms with Crippen molar-refractivity contribution in [3.8, 4) is 0 Å². The van der Waals surface area contributed by atoms with Crippen molar-refractivity contribution in [3.05, 3.63) is 46.6 Å². The Kier molecular flexibility index (Phi) is 3.91. The molecule has 0 bridgehead atoms. The Bertz CT molecular complexity index is 605. The lowest BCUT2D eigenvalue weighted by Crippen LogP contribution is -2.11. The van der Waals surface area contributed by atoms with E-state index in [-0.39, 0.29) is 5.91 Å². The van der Waals surface area contributed by atoms with Crippen LogP contribution >= 0.6 is 11.3 Å². The van der Waals surface area contributed by atoms with Gasteiger partial charge in [0.15, 0.2) is 0 Å². The van der Waals surface area contributed by atoms with Crippen LogP contribution in [0.15, 0.2) is 30.5 Å². The average molecular weight is 276 g/mol. The molecule has 5 nitrogen and oxygen atoms in total. The van der Waals surface area contributed by atoms with E-state index >= 15 is 0 Å². The van der Waals surface area contributed by atoms with Crippen molar-refractivity contribution in [2.75, 3.05) is 12.4 Å². The summed E-state index contributed by atoms with van der Waals surface area (Å²) in [7, 11) is 1.31. The first kappa shape index (κ1) is 13.2. The molecule has 19 heavy (non-hydrogen) atoms. The molecule has 1 aromatic heterocycles. The zero-order chi connectivity index (χ0) is 13.8.